The van der Waals surface area contributed by atoms with Crippen molar-refractivity contribution in [2.24, 2.45) is 5.73 Å². The number of fused-ring (bicyclic) bond motifs is 1. The van der Waals surface area contributed by atoms with Gasteiger partial charge in [0.05, 0.1) is 6.04 Å². The molecule has 3 rings (SSSR count). The predicted molar refractivity (Wildman–Crippen MR) is 76.0 cm³/mol. The van der Waals surface area contributed by atoms with Gasteiger partial charge in [0.2, 0.25) is 0 Å². The minimum Gasteiger partial charge on any atom is -0.459 e. The van der Waals surface area contributed by atoms with E-state index in [9.17, 15) is 0 Å². The molecule has 0 amide bonds. The molecule has 2 N–H and O–H groups in total. The molecule has 1 atom stereocenters. The van der Waals surface area contributed by atoms with Crippen molar-refractivity contribution in [3.8, 4) is 0 Å². The second-order valence-electron chi connectivity index (χ2n) is 4.58. The second kappa shape index (κ2) is 4.26. The van der Waals surface area contributed by atoms with Gasteiger partial charge in [0, 0.05) is 15.8 Å². The molecule has 2 heterocycles. The van der Waals surface area contributed by atoms with Crippen molar-refractivity contribution in [1.29, 1.82) is 0 Å². The van der Waals surface area contributed by atoms with Crippen LogP contribution in [0.25, 0.3) is 11.0 Å². The van der Waals surface area contributed by atoms with Gasteiger partial charge in [0.25, 0.3) is 0 Å². The molecule has 2 aromatic heterocycles. The van der Waals surface area contributed by atoms with Crippen LogP contribution in [0.2, 0.25) is 0 Å². The van der Waals surface area contributed by atoms with E-state index in [1.807, 2.05) is 17.5 Å². The largest absolute Gasteiger partial charge is 0.459 e. The zero-order chi connectivity index (χ0) is 12.7. The Morgan fingerprint density at radius 3 is 2.78 bits per heavy atom. The minimum absolute atomic E-state index is 0.169. The fourth-order valence-corrected chi connectivity index (χ4v) is 2.97. The van der Waals surface area contributed by atoms with E-state index < -0.39 is 0 Å². The van der Waals surface area contributed by atoms with E-state index in [1.165, 1.54) is 5.56 Å². The third-order valence-electron chi connectivity index (χ3n) is 3.26. The molecule has 92 valence electrons. The number of furan rings is 1. The van der Waals surface area contributed by atoms with E-state index >= 15 is 0 Å². The van der Waals surface area contributed by atoms with Crippen molar-refractivity contribution < 1.29 is 4.42 Å². The van der Waals surface area contributed by atoms with Crippen LogP contribution < -0.4 is 5.73 Å². The van der Waals surface area contributed by atoms with E-state index in [2.05, 4.69) is 32.0 Å². The van der Waals surface area contributed by atoms with Gasteiger partial charge in [-0.15, -0.1) is 11.3 Å². The van der Waals surface area contributed by atoms with Gasteiger partial charge in [0.15, 0.2) is 0 Å². The lowest BCUT2D eigenvalue weighted by Crippen LogP contribution is -2.10. The Morgan fingerprint density at radius 2 is 2.06 bits per heavy atom. The number of thiophene rings is 1. The molecule has 0 spiro atoms. The summed E-state index contributed by atoms with van der Waals surface area (Å²) >= 11 is 1.66. The van der Waals surface area contributed by atoms with Crippen LogP contribution in [0.3, 0.4) is 0 Å². The molecule has 18 heavy (non-hydrogen) atoms. The van der Waals surface area contributed by atoms with Crippen LogP contribution in [-0.2, 0) is 0 Å². The molecule has 2 nitrogen and oxygen atoms in total. The molecule has 0 aliphatic heterocycles. The average molecular weight is 257 g/mol. The molecule has 0 aliphatic carbocycles. The third-order valence-corrected chi connectivity index (χ3v) is 4.22. The Morgan fingerprint density at radius 1 is 1.22 bits per heavy atom. The summed E-state index contributed by atoms with van der Waals surface area (Å²) in [6.07, 6.45) is 0. The summed E-state index contributed by atoms with van der Waals surface area (Å²) in [6, 6.07) is 10.2. The van der Waals surface area contributed by atoms with Crippen molar-refractivity contribution >= 4 is 22.3 Å². The van der Waals surface area contributed by atoms with Crippen LogP contribution in [-0.4, -0.2) is 0 Å². The molecule has 3 heteroatoms. The topological polar surface area (TPSA) is 39.2 Å². The summed E-state index contributed by atoms with van der Waals surface area (Å²) in [4.78, 5) is 1.13. The van der Waals surface area contributed by atoms with Crippen molar-refractivity contribution in [2.45, 2.75) is 19.9 Å². The SMILES string of the molecule is Cc1ccc2c(C)c(C(N)c3cccs3)oc2c1. The Balaban J connectivity index is 2.15. The first-order chi connectivity index (χ1) is 8.66. The lowest BCUT2D eigenvalue weighted by molar-refractivity contribution is 0.523. The van der Waals surface area contributed by atoms with Crippen molar-refractivity contribution in [1.82, 2.24) is 0 Å². The number of benzene rings is 1. The fourth-order valence-electron chi connectivity index (χ4n) is 2.25. The van der Waals surface area contributed by atoms with Crippen LogP contribution in [0.5, 0.6) is 0 Å². The van der Waals surface area contributed by atoms with Crippen LogP contribution in [0.1, 0.15) is 27.8 Å². The standard InChI is InChI=1S/C15H15NOS/c1-9-5-6-11-10(2)15(17-12(11)8-9)14(16)13-4-3-7-18-13/h3-8,14H,16H2,1-2H3. The van der Waals surface area contributed by atoms with Crippen LogP contribution >= 0.6 is 11.3 Å². The average Bonchev–Trinajstić information content (AvgIpc) is 2.97. The maximum absolute atomic E-state index is 6.28. The molecule has 0 aliphatic rings. The summed E-state index contributed by atoms with van der Waals surface area (Å²) in [6.45, 7) is 4.14. The highest BCUT2D eigenvalue weighted by Crippen LogP contribution is 2.33. The van der Waals surface area contributed by atoms with E-state index in [4.69, 9.17) is 10.2 Å². The minimum atomic E-state index is -0.169. The van der Waals surface area contributed by atoms with Crippen LogP contribution in [0.15, 0.2) is 40.1 Å². The molecule has 1 unspecified atom stereocenters. The van der Waals surface area contributed by atoms with Gasteiger partial charge in [-0.25, -0.2) is 0 Å². The molecular formula is C15H15NOS. The molecule has 0 bridgehead atoms. The Hall–Kier alpha value is -1.58. The van der Waals surface area contributed by atoms with E-state index in [0.29, 0.717) is 0 Å². The maximum atomic E-state index is 6.28. The first kappa shape index (κ1) is 11.5. The Bertz CT molecular complexity index is 682. The zero-order valence-electron chi connectivity index (χ0n) is 10.4. The number of rotatable bonds is 2. The van der Waals surface area contributed by atoms with E-state index in [-0.39, 0.29) is 6.04 Å². The molecule has 1 aromatic carbocycles. The van der Waals surface area contributed by atoms with Gasteiger partial charge in [-0.1, -0.05) is 18.2 Å². The highest BCUT2D eigenvalue weighted by atomic mass is 32.1. The Labute approximate surface area is 110 Å². The summed E-state index contributed by atoms with van der Waals surface area (Å²) in [5.74, 6) is 0.873. The van der Waals surface area contributed by atoms with Gasteiger partial charge in [0.1, 0.15) is 11.3 Å². The van der Waals surface area contributed by atoms with Gasteiger partial charge in [-0.3, -0.25) is 0 Å². The summed E-state index contributed by atoms with van der Waals surface area (Å²) in [5.41, 5.74) is 9.55. The summed E-state index contributed by atoms with van der Waals surface area (Å²) in [5, 5.41) is 3.19. The predicted octanol–water partition coefficient (Wildman–Crippen LogP) is 4.16. The molecular weight excluding hydrogens is 242 g/mol. The smallest absolute Gasteiger partial charge is 0.134 e. The summed E-state index contributed by atoms with van der Waals surface area (Å²) in [7, 11) is 0. The van der Waals surface area contributed by atoms with Gasteiger partial charge in [-0.2, -0.15) is 0 Å². The third kappa shape index (κ3) is 1.76. The van der Waals surface area contributed by atoms with Crippen molar-refractivity contribution in [3.63, 3.8) is 0 Å². The maximum Gasteiger partial charge on any atom is 0.134 e. The van der Waals surface area contributed by atoms with Crippen molar-refractivity contribution in [3.05, 3.63) is 57.5 Å². The fraction of sp³-hybridized carbons (Fsp3) is 0.200. The first-order valence-electron chi connectivity index (χ1n) is 5.95. The van der Waals surface area contributed by atoms with Crippen LogP contribution in [0.4, 0.5) is 0 Å². The van der Waals surface area contributed by atoms with E-state index in [1.54, 1.807) is 11.3 Å². The van der Waals surface area contributed by atoms with Gasteiger partial charge < -0.3 is 10.2 Å². The monoisotopic (exact) mass is 257 g/mol. The highest BCUT2D eigenvalue weighted by Gasteiger charge is 2.19. The number of nitrogens with two attached hydrogens (primary N) is 1. The molecule has 0 saturated heterocycles. The number of aryl methyl sites for hydroxylation is 2. The normalized spacial score (nSPS) is 13.1. The number of hydrogen-bond donors (Lipinski definition) is 1. The molecule has 0 fully saturated rings. The summed E-state index contributed by atoms with van der Waals surface area (Å²) < 4.78 is 5.95. The quantitative estimate of drug-likeness (QED) is 0.748. The van der Waals surface area contributed by atoms with Crippen molar-refractivity contribution in [2.75, 3.05) is 0 Å². The molecule has 0 radical (unpaired) electrons. The van der Waals surface area contributed by atoms with Crippen LogP contribution in [0, 0.1) is 13.8 Å². The second-order valence-corrected chi connectivity index (χ2v) is 5.56. The molecule has 0 saturated carbocycles. The highest BCUT2D eigenvalue weighted by molar-refractivity contribution is 7.10. The van der Waals surface area contributed by atoms with E-state index in [0.717, 1.165) is 27.2 Å². The first-order valence-corrected chi connectivity index (χ1v) is 6.83. The lowest BCUT2D eigenvalue weighted by atomic mass is 10.1. The number of hydrogen-bond acceptors (Lipinski definition) is 3. The lowest BCUT2D eigenvalue weighted by Gasteiger charge is -2.06. The molecule has 3 aromatic rings. The zero-order valence-corrected chi connectivity index (χ0v) is 11.3. The van der Waals surface area contributed by atoms with Gasteiger partial charge in [-0.05, 0) is 36.9 Å². The van der Waals surface area contributed by atoms with Gasteiger partial charge >= 0.3 is 0 Å². The Kier molecular flexibility index (Phi) is 2.73.